The third-order valence-corrected chi connectivity index (χ3v) is 7.60. The lowest BCUT2D eigenvalue weighted by atomic mass is 9.95. The molecule has 0 radical (unpaired) electrons. The molecule has 35 heavy (non-hydrogen) atoms. The van der Waals surface area contributed by atoms with Crippen molar-refractivity contribution in [3.63, 3.8) is 0 Å². The number of benzene rings is 2. The summed E-state index contributed by atoms with van der Waals surface area (Å²) >= 11 is 2.51. The molecule has 4 aromatic rings. The van der Waals surface area contributed by atoms with Gasteiger partial charge in [-0.1, -0.05) is 23.5 Å². The Bertz CT molecular complexity index is 1470. The number of hydrogen-bond acceptors (Lipinski definition) is 9. The smallest absolute Gasteiger partial charge is 0.296 e. The predicted octanol–water partition coefficient (Wildman–Crippen LogP) is 5.17. The van der Waals surface area contributed by atoms with Crippen LogP contribution in [-0.2, 0) is 4.79 Å². The van der Waals surface area contributed by atoms with Gasteiger partial charge in [0.25, 0.3) is 5.91 Å². The maximum atomic E-state index is 13.5. The zero-order valence-corrected chi connectivity index (χ0v) is 20.6. The van der Waals surface area contributed by atoms with Gasteiger partial charge in [0.1, 0.15) is 5.75 Å². The van der Waals surface area contributed by atoms with E-state index in [1.54, 1.807) is 55.0 Å². The van der Waals surface area contributed by atoms with Crippen LogP contribution < -0.4 is 19.1 Å². The molecule has 0 fully saturated rings. The van der Waals surface area contributed by atoms with E-state index in [9.17, 15) is 14.7 Å². The summed E-state index contributed by atoms with van der Waals surface area (Å²) in [6.07, 6.45) is 0. The number of carbonyl (C=O) groups is 2. The average molecular weight is 509 g/mol. The Balaban J connectivity index is 1.69. The Kier molecular flexibility index (Phi) is 5.91. The normalized spacial score (nSPS) is 15.7. The minimum atomic E-state index is -0.917. The van der Waals surface area contributed by atoms with Crippen molar-refractivity contribution < 1.29 is 28.9 Å². The van der Waals surface area contributed by atoms with Crippen LogP contribution in [0.4, 0.5) is 5.13 Å². The van der Waals surface area contributed by atoms with Crippen molar-refractivity contribution in [2.24, 2.45) is 0 Å². The molecule has 3 heterocycles. The fourth-order valence-corrected chi connectivity index (χ4v) is 5.73. The molecule has 5 rings (SSSR count). The van der Waals surface area contributed by atoms with Crippen molar-refractivity contribution in [1.82, 2.24) is 4.98 Å². The van der Waals surface area contributed by atoms with Gasteiger partial charge in [0, 0.05) is 0 Å². The van der Waals surface area contributed by atoms with Gasteiger partial charge in [0.2, 0.25) is 5.78 Å². The van der Waals surface area contributed by atoms with E-state index in [-0.39, 0.29) is 5.57 Å². The molecule has 10 heteroatoms. The maximum Gasteiger partial charge on any atom is 0.296 e. The van der Waals surface area contributed by atoms with Crippen LogP contribution in [0.3, 0.4) is 0 Å². The summed E-state index contributed by atoms with van der Waals surface area (Å²) in [7, 11) is 4.60. The van der Waals surface area contributed by atoms with E-state index in [4.69, 9.17) is 14.2 Å². The van der Waals surface area contributed by atoms with Crippen molar-refractivity contribution in [2.75, 3.05) is 26.2 Å². The highest BCUT2D eigenvalue weighted by Crippen LogP contribution is 2.46. The summed E-state index contributed by atoms with van der Waals surface area (Å²) < 4.78 is 16.9. The van der Waals surface area contributed by atoms with E-state index >= 15 is 0 Å². The number of anilines is 1. The number of thiazole rings is 1. The van der Waals surface area contributed by atoms with Gasteiger partial charge in [-0.05, 0) is 47.3 Å². The first-order valence-corrected chi connectivity index (χ1v) is 12.2. The van der Waals surface area contributed by atoms with Crippen molar-refractivity contribution in [2.45, 2.75) is 6.04 Å². The van der Waals surface area contributed by atoms with Gasteiger partial charge in [-0.15, -0.1) is 11.3 Å². The number of ether oxygens (including phenoxy) is 3. The Hall–Kier alpha value is -3.89. The number of thiophene rings is 1. The first-order chi connectivity index (χ1) is 17.0. The largest absolute Gasteiger partial charge is 0.503 e. The number of methoxy groups -OCH3 is 3. The Morgan fingerprint density at radius 1 is 1.03 bits per heavy atom. The van der Waals surface area contributed by atoms with E-state index in [2.05, 4.69) is 4.98 Å². The number of aliphatic hydroxyl groups is 1. The summed E-state index contributed by atoms with van der Waals surface area (Å²) in [5.74, 6) is -0.127. The van der Waals surface area contributed by atoms with Gasteiger partial charge in [-0.2, -0.15) is 0 Å². The van der Waals surface area contributed by atoms with Gasteiger partial charge in [0.05, 0.1) is 48.0 Å². The van der Waals surface area contributed by atoms with E-state index < -0.39 is 23.5 Å². The second kappa shape index (κ2) is 9.05. The SMILES string of the molecule is COc1ccc2nc(N3C(=O)C(O)=C(C(=O)c4cccs4)[C@@H]3c3ccc(OC)c(OC)c3)sc2c1. The van der Waals surface area contributed by atoms with Gasteiger partial charge in [-0.25, -0.2) is 4.98 Å². The van der Waals surface area contributed by atoms with E-state index in [0.717, 1.165) is 4.70 Å². The third-order valence-electron chi connectivity index (χ3n) is 5.71. The van der Waals surface area contributed by atoms with E-state index in [0.29, 0.717) is 38.3 Å². The zero-order valence-electron chi connectivity index (χ0n) is 19.0. The molecule has 0 aliphatic carbocycles. The van der Waals surface area contributed by atoms with E-state index in [1.807, 2.05) is 6.07 Å². The summed E-state index contributed by atoms with van der Waals surface area (Å²) in [5.41, 5.74) is 1.22. The van der Waals surface area contributed by atoms with Gasteiger partial charge < -0.3 is 19.3 Å². The molecule has 1 aliphatic heterocycles. The molecule has 0 saturated heterocycles. The van der Waals surface area contributed by atoms with E-state index in [1.165, 1.54) is 41.8 Å². The summed E-state index contributed by atoms with van der Waals surface area (Å²) in [4.78, 5) is 33.3. The molecular weight excluding hydrogens is 488 g/mol. The average Bonchev–Trinajstić information content (AvgIpc) is 3.61. The number of aromatic nitrogens is 1. The van der Waals surface area contributed by atoms with Crippen molar-refractivity contribution in [3.8, 4) is 17.2 Å². The predicted molar refractivity (Wildman–Crippen MR) is 134 cm³/mol. The molecule has 178 valence electrons. The third kappa shape index (κ3) is 3.80. The summed E-state index contributed by atoms with van der Waals surface area (Å²) in [5, 5.41) is 13.1. The molecule has 1 N–H and O–H groups in total. The van der Waals surface area contributed by atoms with Gasteiger partial charge in [-0.3, -0.25) is 14.5 Å². The number of ketones is 1. The number of hydrogen-bond donors (Lipinski definition) is 1. The molecule has 2 aromatic heterocycles. The molecule has 8 nitrogen and oxygen atoms in total. The van der Waals surface area contributed by atoms with Crippen molar-refractivity contribution in [1.29, 1.82) is 0 Å². The summed E-state index contributed by atoms with van der Waals surface area (Å²) in [6, 6.07) is 13.0. The molecule has 0 unspecified atom stereocenters. The van der Waals surface area contributed by atoms with Crippen LogP contribution >= 0.6 is 22.7 Å². The molecule has 1 amide bonds. The highest BCUT2D eigenvalue weighted by atomic mass is 32.1. The highest BCUT2D eigenvalue weighted by molar-refractivity contribution is 7.22. The number of rotatable bonds is 7. The van der Waals surface area contributed by atoms with Crippen molar-refractivity contribution in [3.05, 3.63) is 75.7 Å². The molecule has 0 saturated carbocycles. The highest BCUT2D eigenvalue weighted by Gasteiger charge is 2.46. The van der Waals surface area contributed by atoms with Crippen LogP contribution in [0.15, 0.2) is 65.2 Å². The lowest BCUT2D eigenvalue weighted by Gasteiger charge is -2.25. The quantitative estimate of drug-likeness (QED) is 0.344. The second-order valence-electron chi connectivity index (χ2n) is 7.59. The van der Waals surface area contributed by atoms with Crippen LogP contribution in [0.2, 0.25) is 0 Å². The Morgan fingerprint density at radius 3 is 2.51 bits per heavy atom. The topological polar surface area (TPSA) is 98.2 Å². The Morgan fingerprint density at radius 2 is 1.83 bits per heavy atom. The lowest BCUT2D eigenvalue weighted by molar-refractivity contribution is -0.117. The zero-order chi connectivity index (χ0) is 24.7. The summed E-state index contributed by atoms with van der Waals surface area (Å²) in [6.45, 7) is 0. The minimum Gasteiger partial charge on any atom is -0.503 e. The number of Topliss-reactive ketones (excluding diaryl/α,β-unsaturated/α-hetero) is 1. The standard InChI is InChI=1S/C25H20N2O6S2/c1-31-14-7-8-15-19(12-14)35-25(26-15)27-21(13-6-9-16(32-2)17(11-13)33-3)20(23(29)24(27)30)22(28)18-5-4-10-34-18/h4-12,21,29H,1-3H3/t21-/m0/s1. The number of aliphatic hydroxyl groups excluding tert-OH is 1. The first kappa shape index (κ1) is 22.9. The van der Waals surface area contributed by atoms with Gasteiger partial charge >= 0.3 is 0 Å². The van der Waals surface area contributed by atoms with Crippen LogP contribution in [0.25, 0.3) is 10.2 Å². The molecule has 2 aromatic carbocycles. The van der Waals surface area contributed by atoms with Crippen LogP contribution in [0, 0.1) is 0 Å². The van der Waals surface area contributed by atoms with Crippen LogP contribution in [0.5, 0.6) is 17.2 Å². The second-order valence-corrected chi connectivity index (χ2v) is 9.55. The number of carbonyl (C=O) groups excluding carboxylic acids is 2. The maximum absolute atomic E-state index is 13.5. The molecule has 1 atom stereocenters. The lowest BCUT2D eigenvalue weighted by Crippen LogP contribution is -2.31. The minimum absolute atomic E-state index is 0.0125. The first-order valence-electron chi connectivity index (χ1n) is 10.5. The fourth-order valence-electron chi connectivity index (χ4n) is 4.04. The number of nitrogens with zero attached hydrogens (tertiary/aromatic N) is 2. The van der Waals surface area contributed by atoms with Gasteiger partial charge in [0.15, 0.2) is 22.4 Å². The molecule has 1 aliphatic rings. The molecular formula is C25H20N2O6S2. The molecule has 0 bridgehead atoms. The Labute approximate surface area is 208 Å². The number of amides is 1. The monoisotopic (exact) mass is 508 g/mol. The molecule has 0 spiro atoms. The number of fused-ring (bicyclic) bond motifs is 1. The fraction of sp³-hybridized carbons (Fsp3) is 0.160. The van der Waals surface area contributed by atoms with Crippen LogP contribution in [0.1, 0.15) is 21.3 Å². The van der Waals surface area contributed by atoms with Crippen LogP contribution in [-0.4, -0.2) is 43.1 Å². The van der Waals surface area contributed by atoms with Crippen molar-refractivity contribution >= 4 is 49.7 Å².